The number of carbonyl (C=O) groups is 2. The van der Waals surface area contributed by atoms with E-state index in [0.29, 0.717) is 5.70 Å². The molecule has 2 heterocycles. The fourth-order valence-electron chi connectivity index (χ4n) is 5.25. The number of nitrogens with zero attached hydrogens (tertiary/aromatic N) is 1. The summed E-state index contributed by atoms with van der Waals surface area (Å²) in [7, 11) is -0.242. The van der Waals surface area contributed by atoms with Gasteiger partial charge >= 0.3 is 5.97 Å². The van der Waals surface area contributed by atoms with Gasteiger partial charge in [0.1, 0.15) is 18.1 Å². The van der Waals surface area contributed by atoms with E-state index in [4.69, 9.17) is 13.9 Å². The molecule has 0 spiro atoms. The van der Waals surface area contributed by atoms with Gasteiger partial charge in [0.05, 0.1) is 25.2 Å². The maximum Gasteiger partial charge on any atom is 0.355 e. The van der Waals surface area contributed by atoms with Gasteiger partial charge < -0.3 is 18.8 Å². The number of rotatable bonds is 11. The fraction of sp³-hybridized carbons (Fsp3) is 0.538. The number of esters is 1. The average Bonchev–Trinajstić information content (AvgIpc) is 3.09. The van der Waals surface area contributed by atoms with Crippen LogP contribution in [0.4, 0.5) is 0 Å². The number of hydrogen-bond donors (Lipinski definition) is 0. The summed E-state index contributed by atoms with van der Waals surface area (Å²) in [6.45, 7) is 14.7. The predicted molar refractivity (Wildman–Crippen MR) is 131 cm³/mol. The molecule has 0 saturated carbocycles. The lowest BCUT2D eigenvalue weighted by Gasteiger charge is -2.49. The van der Waals surface area contributed by atoms with E-state index in [1.54, 1.807) is 18.1 Å². The van der Waals surface area contributed by atoms with Crippen molar-refractivity contribution >= 4 is 20.2 Å². The Morgan fingerprint density at radius 2 is 1.79 bits per heavy atom. The highest BCUT2D eigenvalue weighted by atomic mass is 28.4. The first-order valence-corrected chi connectivity index (χ1v) is 14.5. The number of allylic oxidation sites excluding steroid dienone is 1. The van der Waals surface area contributed by atoms with Gasteiger partial charge in [0.15, 0.2) is 8.32 Å². The van der Waals surface area contributed by atoms with Crippen LogP contribution in [0.5, 0.6) is 5.75 Å². The first-order chi connectivity index (χ1) is 15.8. The van der Waals surface area contributed by atoms with Crippen molar-refractivity contribution < 1.29 is 23.5 Å². The van der Waals surface area contributed by atoms with Gasteiger partial charge in [-0.2, -0.15) is 0 Å². The van der Waals surface area contributed by atoms with Crippen LogP contribution in [0.3, 0.4) is 0 Å². The molecule has 3 rings (SSSR count). The zero-order valence-electron chi connectivity index (χ0n) is 20.7. The van der Waals surface area contributed by atoms with E-state index in [-0.39, 0.29) is 36.5 Å². The summed E-state index contributed by atoms with van der Waals surface area (Å²) in [5.41, 5.74) is 1.95. The highest BCUT2D eigenvalue weighted by molar-refractivity contribution is 6.73. The number of hydrogen-bond acceptors (Lipinski definition) is 5. The van der Waals surface area contributed by atoms with Gasteiger partial charge in [0.25, 0.3) is 0 Å². The molecule has 1 aromatic carbocycles. The van der Waals surface area contributed by atoms with Crippen LogP contribution in [0.2, 0.25) is 18.1 Å². The number of amides is 1. The summed E-state index contributed by atoms with van der Waals surface area (Å²) in [6.07, 6.45) is 1.51. The molecule has 33 heavy (non-hydrogen) atoms. The molecule has 0 aliphatic carbocycles. The smallest absolute Gasteiger partial charge is 0.355 e. The molecule has 2 aliphatic rings. The molecule has 0 radical (unpaired) electrons. The van der Waals surface area contributed by atoms with Crippen LogP contribution in [0.25, 0.3) is 0 Å². The second-order valence-corrected chi connectivity index (χ2v) is 13.7. The lowest BCUT2D eigenvalue weighted by molar-refractivity contribution is -0.163. The largest absolute Gasteiger partial charge is 0.497 e. The number of methoxy groups -OCH3 is 1. The van der Waals surface area contributed by atoms with Crippen LogP contribution in [0.1, 0.15) is 40.2 Å². The SMILES string of the molecule is C=CC1=C(C(=O)OCc2ccc(OC)cc2)N2C(=O)[C@H]([C@@H](C)O[Si](CC)(CC)CC)[C@@H]2[C@H]1C. The molecule has 180 valence electrons. The molecule has 1 fully saturated rings. The molecule has 0 N–H and O–H groups in total. The molecule has 4 atom stereocenters. The van der Waals surface area contributed by atoms with Crippen molar-refractivity contribution in [3.63, 3.8) is 0 Å². The monoisotopic (exact) mass is 471 g/mol. The van der Waals surface area contributed by atoms with Crippen molar-refractivity contribution in [2.75, 3.05) is 7.11 Å². The Morgan fingerprint density at radius 3 is 2.30 bits per heavy atom. The van der Waals surface area contributed by atoms with Crippen LogP contribution < -0.4 is 4.74 Å². The topological polar surface area (TPSA) is 65.1 Å². The molecule has 2 aliphatic heterocycles. The molecule has 6 nitrogen and oxygen atoms in total. The van der Waals surface area contributed by atoms with Gasteiger partial charge in [-0.3, -0.25) is 4.79 Å². The van der Waals surface area contributed by atoms with Crippen LogP contribution in [0, 0.1) is 11.8 Å². The third-order valence-electron chi connectivity index (χ3n) is 7.52. The van der Waals surface area contributed by atoms with Gasteiger partial charge in [-0.15, -0.1) is 0 Å². The minimum absolute atomic E-state index is 0.000678. The van der Waals surface area contributed by atoms with Crippen molar-refractivity contribution in [1.82, 2.24) is 4.90 Å². The van der Waals surface area contributed by atoms with Crippen LogP contribution in [-0.4, -0.2) is 44.3 Å². The van der Waals surface area contributed by atoms with E-state index < -0.39 is 14.3 Å². The summed E-state index contributed by atoms with van der Waals surface area (Å²) >= 11 is 0. The highest BCUT2D eigenvalue weighted by Crippen LogP contribution is 2.48. The third kappa shape index (κ3) is 4.53. The molecule has 0 bridgehead atoms. The predicted octanol–water partition coefficient (Wildman–Crippen LogP) is 5.07. The summed E-state index contributed by atoms with van der Waals surface area (Å²) in [5, 5.41) is 0. The van der Waals surface area contributed by atoms with Crippen molar-refractivity contribution in [3.8, 4) is 5.75 Å². The number of carbonyl (C=O) groups excluding carboxylic acids is 2. The van der Waals surface area contributed by atoms with Crippen molar-refractivity contribution in [2.45, 2.75) is 71.5 Å². The van der Waals surface area contributed by atoms with E-state index in [9.17, 15) is 9.59 Å². The normalized spacial score (nSPS) is 23.2. The number of fused-ring (bicyclic) bond motifs is 1. The summed E-state index contributed by atoms with van der Waals surface area (Å²) in [5.74, 6) is -0.0585. The Bertz CT molecular complexity index is 913. The standard InChI is InChI=1S/C26H37NO5Si/c1-8-21-17(5)23-22(18(6)32-33(9-2,10-3)11-4)25(28)27(23)24(21)26(29)31-16-19-12-14-20(30-7)15-13-19/h8,12-15,17-18,22-23H,1,9-11,16H2,2-7H3/t17-,18+,22+,23-/m0/s1. The Labute approximate surface area is 198 Å². The minimum atomic E-state index is -1.85. The van der Waals surface area contributed by atoms with E-state index in [1.165, 1.54) is 0 Å². The second kappa shape index (κ2) is 10.3. The van der Waals surface area contributed by atoms with Crippen LogP contribution >= 0.6 is 0 Å². The van der Waals surface area contributed by atoms with Gasteiger partial charge in [-0.05, 0) is 48.3 Å². The van der Waals surface area contributed by atoms with Gasteiger partial charge in [-0.1, -0.05) is 52.5 Å². The van der Waals surface area contributed by atoms with Gasteiger partial charge in [0, 0.05) is 5.92 Å². The van der Waals surface area contributed by atoms with Crippen LogP contribution in [-0.2, 0) is 25.4 Å². The molecule has 0 aromatic heterocycles. The van der Waals surface area contributed by atoms with Crippen molar-refractivity contribution in [2.24, 2.45) is 11.8 Å². The fourth-order valence-corrected chi connectivity index (χ4v) is 8.18. The van der Waals surface area contributed by atoms with E-state index in [2.05, 4.69) is 34.3 Å². The van der Waals surface area contributed by atoms with Gasteiger partial charge in [-0.25, -0.2) is 4.79 Å². The first kappa shape index (κ1) is 25.2. The third-order valence-corrected chi connectivity index (χ3v) is 12.3. The molecule has 1 aromatic rings. The summed E-state index contributed by atoms with van der Waals surface area (Å²) in [6, 6.07) is 10.4. The zero-order valence-corrected chi connectivity index (χ0v) is 21.7. The molecule has 1 amide bonds. The summed E-state index contributed by atoms with van der Waals surface area (Å²) in [4.78, 5) is 28.0. The number of β-lactam (4-membered cyclic amide) rings is 1. The minimum Gasteiger partial charge on any atom is -0.497 e. The average molecular weight is 472 g/mol. The van der Waals surface area contributed by atoms with Crippen molar-refractivity contribution in [1.29, 1.82) is 0 Å². The quantitative estimate of drug-likeness (QED) is 0.256. The zero-order chi connectivity index (χ0) is 24.3. The highest BCUT2D eigenvalue weighted by Gasteiger charge is 2.60. The number of benzene rings is 1. The van der Waals surface area contributed by atoms with Gasteiger partial charge in [0.2, 0.25) is 5.91 Å². The first-order valence-electron chi connectivity index (χ1n) is 11.9. The molecular weight excluding hydrogens is 434 g/mol. The van der Waals surface area contributed by atoms with E-state index in [0.717, 1.165) is 35.0 Å². The second-order valence-electron chi connectivity index (χ2n) is 9.01. The molecule has 7 heteroatoms. The molecule has 1 saturated heterocycles. The Kier molecular flexibility index (Phi) is 7.85. The Balaban J connectivity index is 1.74. The van der Waals surface area contributed by atoms with E-state index in [1.807, 2.05) is 31.2 Å². The Hall–Kier alpha value is -2.38. The summed E-state index contributed by atoms with van der Waals surface area (Å²) < 4.78 is 17.4. The lowest BCUT2D eigenvalue weighted by Crippen LogP contribution is -2.65. The molecular formula is C26H37NO5Si. The van der Waals surface area contributed by atoms with E-state index >= 15 is 0 Å². The lowest BCUT2D eigenvalue weighted by atomic mass is 9.78. The van der Waals surface area contributed by atoms with Crippen molar-refractivity contribution in [3.05, 3.63) is 53.8 Å². The Morgan fingerprint density at radius 1 is 1.18 bits per heavy atom. The number of ether oxygens (including phenoxy) is 2. The van der Waals surface area contributed by atoms with Crippen LogP contribution in [0.15, 0.2) is 48.2 Å². The maximum absolute atomic E-state index is 13.3. The molecule has 0 unspecified atom stereocenters. The maximum atomic E-state index is 13.3.